The van der Waals surface area contributed by atoms with Gasteiger partial charge in [0.05, 0.1) is 13.5 Å². The number of benzene rings is 2. The third-order valence-electron chi connectivity index (χ3n) is 6.76. The van der Waals surface area contributed by atoms with Gasteiger partial charge in [0.2, 0.25) is 5.91 Å². The standard InChI is InChI=1S/C26H32N2O4/c1-31-22-12-6-8-19(16-22)17-24(29)27-15-13-23-21(18-27)11-7-14-28(23)26(30)25(32-2)20-9-4-3-5-10-20/h3-6,8-10,12,16,21,23,25H,7,11,13-15,17-18H2,1-2H3/t21-,23-,25?/m1/s1. The highest BCUT2D eigenvalue weighted by atomic mass is 16.5. The number of hydrogen-bond acceptors (Lipinski definition) is 4. The Kier molecular flexibility index (Phi) is 7.10. The molecule has 2 aliphatic rings. The molecule has 2 aromatic carbocycles. The highest BCUT2D eigenvalue weighted by Gasteiger charge is 2.41. The summed E-state index contributed by atoms with van der Waals surface area (Å²) in [4.78, 5) is 30.4. The Morgan fingerprint density at radius 2 is 1.84 bits per heavy atom. The van der Waals surface area contributed by atoms with Crippen molar-refractivity contribution >= 4 is 11.8 Å². The van der Waals surface area contributed by atoms with Gasteiger partial charge in [0.25, 0.3) is 5.91 Å². The highest BCUT2D eigenvalue weighted by Crippen LogP contribution is 2.33. The van der Waals surface area contributed by atoms with E-state index in [1.807, 2.05) is 64.4 Å². The van der Waals surface area contributed by atoms with Crippen molar-refractivity contribution in [3.63, 3.8) is 0 Å². The van der Waals surface area contributed by atoms with Gasteiger partial charge in [-0.1, -0.05) is 42.5 Å². The Morgan fingerprint density at radius 3 is 2.59 bits per heavy atom. The summed E-state index contributed by atoms with van der Waals surface area (Å²) in [6.45, 7) is 2.14. The number of ether oxygens (including phenoxy) is 2. The van der Waals surface area contributed by atoms with Crippen LogP contribution < -0.4 is 4.74 Å². The lowest BCUT2D eigenvalue weighted by molar-refractivity contribution is -0.151. The Bertz CT molecular complexity index is 932. The van der Waals surface area contributed by atoms with E-state index in [0.717, 1.165) is 42.7 Å². The molecule has 0 aromatic heterocycles. The molecular weight excluding hydrogens is 404 g/mol. The molecular formula is C26H32N2O4. The number of nitrogens with zero attached hydrogens (tertiary/aromatic N) is 2. The number of carbonyl (C=O) groups excluding carboxylic acids is 2. The minimum Gasteiger partial charge on any atom is -0.497 e. The fraction of sp³-hybridized carbons (Fsp3) is 0.462. The minimum atomic E-state index is -0.581. The first kappa shape index (κ1) is 22.3. The van der Waals surface area contributed by atoms with Gasteiger partial charge in [-0.2, -0.15) is 0 Å². The number of fused-ring (bicyclic) bond motifs is 1. The van der Waals surface area contributed by atoms with Crippen molar-refractivity contribution < 1.29 is 19.1 Å². The van der Waals surface area contributed by atoms with Crippen molar-refractivity contribution in [1.29, 1.82) is 0 Å². The second-order valence-electron chi connectivity index (χ2n) is 8.68. The van der Waals surface area contributed by atoms with E-state index in [2.05, 4.69) is 0 Å². The molecule has 0 radical (unpaired) electrons. The van der Waals surface area contributed by atoms with Gasteiger partial charge in [0, 0.05) is 32.8 Å². The number of methoxy groups -OCH3 is 2. The Hall–Kier alpha value is -2.86. The second kappa shape index (κ2) is 10.2. The van der Waals surface area contributed by atoms with Crippen LogP contribution in [0.4, 0.5) is 0 Å². The van der Waals surface area contributed by atoms with E-state index < -0.39 is 6.10 Å². The van der Waals surface area contributed by atoms with Gasteiger partial charge in [-0.05, 0) is 48.4 Å². The molecule has 32 heavy (non-hydrogen) atoms. The minimum absolute atomic E-state index is 0.0320. The Labute approximate surface area is 190 Å². The van der Waals surface area contributed by atoms with Crippen LogP contribution in [-0.4, -0.2) is 61.5 Å². The molecule has 4 rings (SSSR count). The predicted molar refractivity (Wildman–Crippen MR) is 122 cm³/mol. The van der Waals surface area contributed by atoms with Gasteiger partial charge < -0.3 is 19.3 Å². The normalized spacial score (nSPS) is 21.6. The molecule has 2 amide bonds. The molecule has 0 N–H and O–H groups in total. The highest BCUT2D eigenvalue weighted by molar-refractivity contribution is 5.83. The quantitative estimate of drug-likeness (QED) is 0.696. The molecule has 2 aromatic rings. The molecule has 2 fully saturated rings. The average molecular weight is 437 g/mol. The van der Waals surface area contributed by atoms with Gasteiger partial charge >= 0.3 is 0 Å². The summed E-state index contributed by atoms with van der Waals surface area (Å²) < 4.78 is 10.9. The fourth-order valence-corrected chi connectivity index (χ4v) is 5.13. The first-order chi connectivity index (χ1) is 15.6. The zero-order chi connectivity index (χ0) is 22.5. The van der Waals surface area contributed by atoms with Gasteiger partial charge in [-0.3, -0.25) is 9.59 Å². The number of amides is 2. The van der Waals surface area contributed by atoms with E-state index in [1.165, 1.54) is 0 Å². The maximum absolute atomic E-state index is 13.4. The molecule has 0 spiro atoms. The Balaban J connectivity index is 1.41. The van der Waals surface area contributed by atoms with Gasteiger partial charge in [-0.15, -0.1) is 0 Å². The Morgan fingerprint density at radius 1 is 1.03 bits per heavy atom. The number of carbonyl (C=O) groups is 2. The SMILES string of the molecule is COc1cccc(CC(=O)N2CC[C@@H]3[C@H](CCCN3C(=O)C(OC)c3ccccc3)C2)c1. The molecule has 0 bridgehead atoms. The first-order valence-corrected chi connectivity index (χ1v) is 11.4. The summed E-state index contributed by atoms with van der Waals surface area (Å²) in [5.41, 5.74) is 1.84. The van der Waals surface area contributed by atoms with Crippen molar-refractivity contribution in [2.45, 2.75) is 37.8 Å². The number of hydrogen-bond donors (Lipinski definition) is 0. The molecule has 170 valence electrons. The second-order valence-corrected chi connectivity index (χ2v) is 8.68. The summed E-state index contributed by atoms with van der Waals surface area (Å²) >= 11 is 0. The lowest BCUT2D eigenvalue weighted by Gasteiger charge is -2.48. The summed E-state index contributed by atoms with van der Waals surface area (Å²) in [7, 11) is 3.23. The smallest absolute Gasteiger partial charge is 0.256 e. The van der Waals surface area contributed by atoms with Crippen molar-refractivity contribution in [3.8, 4) is 5.75 Å². The zero-order valence-electron chi connectivity index (χ0n) is 18.9. The maximum Gasteiger partial charge on any atom is 0.256 e. The first-order valence-electron chi connectivity index (χ1n) is 11.4. The molecule has 3 atom stereocenters. The third kappa shape index (κ3) is 4.80. The summed E-state index contributed by atoms with van der Waals surface area (Å²) in [5, 5.41) is 0. The number of rotatable bonds is 6. The monoisotopic (exact) mass is 436 g/mol. The molecule has 0 saturated carbocycles. The van der Waals surface area contributed by atoms with E-state index in [0.29, 0.717) is 25.4 Å². The van der Waals surface area contributed by atoms with Crippen LogP contribution in [0.25, 0.3) is 0 Å². The van der Waals surface area contributed by atoms with Crippen LogP contribution in [-0.2, 0) is 20.7 Å². The molecule has 2 aliphatic heterocycles. The van der Waals surface area contributed by atoms with Crippen LogP contribution in [0.2, 0.25) is 0 Å². The lowest BCUT2D eigenvalue weighted by atomic mass is 9.83. The molecule has 1 unspecified atom stereocenters. The number of likely N-dealkylation sites (tertiary alicyclic amines) is 2. The van der Waals surface area contributed by atoms with Crippen LogP contribution in [0.5, 0.6) is 5.75 Å². The molecule has 2 heterocycles. The summed E-state index contributed by atoms with van der Waals surface area (Å²) in [6, 6.07) is 17.5. The van der Waals surface area contributed by atoms with E-state index in [9.17, 15) is 9.59 Å². The topological polar surface area (TPSA) is 59.1 Å². The predicted octanol–water partition coefficient (Wildman–Crippen LogP) is 3.46. The van der Waals surface area contributed by atoms with E-state index in [-0.39, 0.29) is 17.9 Å². The molecule has 6 heteroatoms. The molecule has 0 aliphatic carbocycles. The van der Waals surface area contributed by atoms with Crippen molar-refractivity contribution in [2.75, 3.05) is 33.9 Å². The van der Waals surface area contributed by atoms with Crippen LogP contribution in [0.3, 0.4) is 0 Å². The van der Waals surface area contributed by atoms with Crippen LogP contribution in [0.1, 0.15) is 36.5 Å². The largest absolute Gasteiger partial charge is 0.497 e. The number of piperidine rings is 2. The summed E-state index contributed by atoms with van der Waals surface area (Å²) in [5.74, 6) is 1.24. The van der Waals surface area contributed by atoms with Crippen LogP contribution >= 0.6 is 0 Å². The van der Waals surface area contributed by atoms with Gasteiger partial charge in [0.15, 0.2) is 6.10 Å². The third-order valence-corrected chi connectivity index (χ3v) is 6.76. The van der Waals surface area contributed by atoms with Crippen molar-refractivity contribution in [1.82, 2.24) is 9.80 Å². The van der Waals surface area contributed by atoms with E-state index in [4.69, 9.17) is 9.47 Å². The van der Waals surface area contributed by atoms with Gasteiger partial charge in [0.1, 0.15) is 5.75 Å². The average Bonchev–Trinajstić information content (AvgIpc) is 2.84. The maximum atomic E-state index is 13.4. The van der Waals surface area contributed by atoms with Crippen molar-refractivity contribution in [2.24, 2.45) is 5.92 Å². The molecule has 6 nitrogen and oxygen atoms in total. The zero-order valence-corrected chi connectivity index (χ0v) is 18.9. The van der Waals surface area contributed by atoms with E-state index in [1.54, 1.807) is 14.2 Å². The van der Waals surface area contributed by atoms with E-state index >= 15 is 0 Å². The lowest BCUT2D eigenvalue weighted by Crippen LogP contribution is -2.57. The van der Waals surface area contributed by atoms with Gasteiger partial charge in [-0.25, -0.2) is 0 Å². The summed E-state index contributed by atoms with van der Waals surface area (Å²) in [6.07, 6.45) is 2.60. The van der Waals surface area contributed by atoms with Crippen molar-refractivity contribution in [3.05, 3.63) is 65.7 Å². The van der Waals surface area contributed by atoms with Crippen LogP contribution in [0, 0.1) is 5.92 Å². The molecule has 2 saturated heterocycles. The van der Waals surface area contributed by atoms with Crippen LogP contribution in [0.15, 0.2) is 54.6 Å². The fourth-order valence-electron chi connectivity index (χ4n) is 5.13.